The monoisotopic (exact) mass is 494 g/mol. The third-order valence-corrected chi connectivity index (χ3v) is 7.28. The molecule has 1 heterocycles. The van der Waals surface area contributed by atoms with Crippen LogP contribution in [0.1, 0.15) is 140 Å². The van der Waals surface area contributed by atoms with E-state index in [0.29, 0.717) is 19.6 Å². The van der Waals surface area contributed by atoms with Gasteiger partial charge in [0.15, 0.2) is 0 Å². The molecule has 0 bridgehead atoms. The quantitative estimate of drug-likeness (QED) is 0.112. The zero-order chi connectivity index (χ0) is 24.7. The number of carbonyl (C=O) groups excluding carboxylic acids is 2. The summed E-state index contributed by atoms with van der Waals surface area (Å²) in [5.74, 6) is -0.292. The Balaban J connectivity index is 2.13. The first-order valence-corrected chi connectivity index (χ1v) is 14.9. The van der Waals surface area contributed by atoms with Crippen LogP contribution in [0.5, 0.6) is 0 Å². The van der Waals surface area contributed by atoms with E-state index in [1.807, 2.05) is 17.5 Å². The number of rotatable bonds is 23. The van der Waals surface area contributed by atoms with Gasteiger partial charge in [-0.15, -0.1) is 11.3 Å². The summed E-state index contributed by atoms with van der Waals surface area (Å²) in [5.41, 5.74) is 0. The number of thiophene rings is 1. The largest absolute Gasteiger partial charge is 0.466 e. The van der Waals surface area contributed by atoms with Crippen LogP contribution in [0.3, 0.4) is 0 Å². The minimum absolute atomic E-state index is 0.0664. The summed E-state index contributed by atoms with van der Waals surface area (Å²) in [7, 11) is 0. The molecule has 0 aliphatic carbocycles. The molecular weight excluding hydrogens is 444 g/mol. The number of hydrogen-bond donors (Lipinski definition) is 0. The Morgan fingerprint density at radius 2 is 1.29 bits per heavy atom. The van der Waals surface area contributed by atoms with Gasteiger partial charge in [-0.3, -0.25) is 9.59 Å². The molecule has 1 aromatic rings. The lowest BCUT2D eigenvalue weighted by molar-refractivity contribution is -0.146. The first-order chi connectivity index (χ1) is 16.7. The number of ether oxygens (including phenoxy) is 2. The van der Waals surface area contributed by atoms with Gasteiger partial charge in [0.25, 0.3) is 0 Å². The average molecular weight is 495 g/mol. The molecule has 0 saturated heterocycles. The van der Waals surface area contributed by atoms with Crippen molar-refractivity contribution in [2.24, 2.45) is 0 Å². The minimum Gasteiger partial charge on any atom is -0.466 e. The molecule has 0 saturated carbocycles. The summed E-state index contributed by atoms with van der Waals surface area (Å²) in [4.78, 5) is 25.7. The van der Waals surface area contributed by atoms with Crippen LogP contribution >= 0.6 is 11.3 Å². The van der Waals surface area contributed by atoms with Gasteiger partial charge in [-0.1, -0.05) is 103 Å². The van der Waals surface area contributed by atoms with Crippen molar-refractivity contribution in [3.05, 3.63) is 22.4 Å². The molecule has 0 aromatic carbocycles. The topological polar surface area (TPSA) is 52.6 Å². The molecule has 1 atom stereocenters. The maximum absolute atomic E-state index is 12.7. The van der Waals surface area contributed by atoms with Gasteiger partial charge < -0.3 is 9.47 Å². The van der Waals surface area contributed by atoms with E-state index >= 15 is 0 Å². The lowest BCUT2D eigenvalue weighted by Gasteiger charge is -2.15. The van der Waals surface area contributed by atoms with Crippen molar-refractivity contribution in [1.82, 2.24) is 0 Å². The van der Waals surface area contributed by atoms with Crippen LogP contribution in [0, 0.1) is 0 Å². The number of esters is 2. The van der Waals surface area contributed by atoms with Crippen molar-refractivity contribution < 1.29 is 19.1 Å². The molecule has 0 spiro atoms. The zero-order valence-electron chi connectivity index (χ0n) is 22.0. The van der Waals surface area contributed by atoms with E-state index in [2.05, 4.69) is 13.8 Å². The predicted octanol–water partition coefficient (Wildman–Crippen LogP) is 8.98. The molecule has 0 fully saturated rings. The SMILES string of the molecule is CCCCCCCCOC(=O)CCCCCCC(C(=O)OCCCCCCCC)c1cccs1. The first kappa shape index (κ1) is 30.7. The maximum atomic E-state index is 12.7. The summed E-state index contributed by atoms with van der Waals surface area (Å²) in [6, 6.07) is 4.05. The van der Waals surface area contributed by atoms with E-state index in [4.69, 9.17) is 9.47 Å². The van der Waals surface area contributed by atoms with Gasteiger partial charge in [0.2, 0.25) is 0 Å². The Morgan fingerprint density at radius 1 is 0.735 bits per heavy atom. The van der Waals surface area contributed by atoms with Gasteiger partial charge in [-0.25, -0.2) is 0 Å². The fraction of sp³-hybridized carbons (Fsp3) is 0.793. The van der Waals surface area contributed by atoms with Crippen LogP contribution in [-0.2, 0) is 19.1 Å². The van der Waals surface area contributed by atoms with Crippen LogP contribution in [0.2, 0.25) is 0 Å². The fourth-order valence-corrected chi connectivity index (χ4v) is 4.98. The molecule has 196 valence electrons. The molecule has 34 heavy (non-hydrogen) atoms. The van der Waals surface area contributed by atoms with Crippen LogP contribution < -0.4 is 0 Å². The zero-order valence-corrected chi connectivity index (χ0v) is 22.8. The molecule has 4 nitrogen and oxygen atoms in total. The molecule has 0 radical (unpaired) electrons. The van der Waals surface area contributed by atoms with Gasteiger partial charge in [0, 0.05) is 11.3 Å². The smallest absolute Gasteiger partial charge is 0.314 e. The van der Waals surface area contributed by atoms with Crippen molar-refractivity contribution in [2.45, 2.75) is 135 Å². The van der Waals surface area contributed by atoms with Gasteiger partial charge in [-0.2, -0.15) is 0 Å². The molecule has 0 aliphatic rings. The van der Waals surface area contributed by atoms with Gasteiger partial charge in [0.1, 0.15) is 0 Å². The highest BCUT2D eigenvalue weighted by Gasteiger charge is 2.22. The molecule has 1 aromatic heterocycles. The fourth-order valence-electron chi connectivity index (χ4n) is 4.13. The van der Waals surface area contributed by atoms with E-state index in [9.17, 15) is 9.59 Å². The van der Waals surface area contributed by atoms with Crippen molar-refractivity contribution >= 4 is 23.3 Å². The van der Waals surface area contributed by atoms with E-state index in [1.54, 1.807) is 11.3 Å². The predicted molar refractivity (Wildman–Crippen MR) is 143 cm³/mol. The van der Waals surface area contributed by atoms with Gasteiger partial charge in [-0.05, 0) is 37.1 Å². The molecular formula is C29H50O4S. The standard InChI is InChI=1S/C29H50O4S/c1-3-5-7-9-13-17-23-32-28(30)22-16-12-11-15-20-26(27-21-19-25-34-27)29(31)33-24-18-14-10-8-6-4-2/h19,21,25-26H,3-18,20,22-24H2,1-2H3. The third kappa shape index (κ3) is 16.3. The Morgan fingerprint density at radius 3 is 1.91 bits per heavy atom. The van der Waals surface area contributed by atoms with Crippen molar-refractivity contribution in [3.63, 3.8) is 0 Å². The van der Waals surface area contributed by atoms with Crippen LogP contribution in [0.4, 0.5) is 0 Å². The van der Waals surface area contributed by atoms with Crippen molar-refractivity contribution in [2.75, 3.05) is 13.2 Å². The van der Waals surface area contributed by atoms with E-state index in [-0.39, 0.29) is 17.9 Å². The van der Waals surface area contributed by atoms with Crippen LogP contribution in [-0.4, -0.2) is 25.2 Å². The van der Waals surface area contributed by atoms with E-state index in [0.717, 1.165) is 62.7 Å². The van der Waals surface area contributed by atoms with Crippen LogP contribution in [0.25, 0.3) is 0 Å². The lowest BCUT2D eigenvalue weighted by atomic mass is 9.99. The number of carbonyl (C=O) groups is 2. The Labute approximate surface area is 213 Å². The molecule has 0 N–H and O–H groups in total. The average Bonchev–Trinajstić information content (AvgIpc) is 3.37. The van der Waals surface area contributed by atoms with Gasteiger partial charge >= 0.3 is 11.9 Å². The summed E-state index contributed by atoms with van der Waals surface area (Å²) in [6.07, 6.45) is 19.5. The highest BCUT2D eigenvalue weighted by Crippen LogP contribution is 2.28. The highest BCUT2D eigenvalue weighted by molar-refractivity contribution is 7.10. The number of unbranched alkanes of at least 4 members (excludes halogenated alkanes) is 13. The molecule has 1 unspecified atom stereocenters. The number of hydrogen-bond acceptors (Lipinski definition) is 5. The molecule has 0 aliphatic heterocycles. The summed E-state index contributed by atoms with van der Waals surface area (Å²) in [5, 5.41) is 2.03. The lowest BCUT2D eigenvalue weighted by Crippen LogP contribution is -2.16. The second-order valence-corrected chi connectivity index (χ2v) is 10.4. The first-order valence-electron chi connectivity index (χ1n) is 14.0. The Bertz CT molecular complexity index is 599. The molecule has 5 heteroatoms. The Hall–Kier alpha value is -1.36. The summed E-state index contributed by atoms with van der Waals surface area (Å²) in [6.45, 7) is 5.54. The van der Waals surface area contributed by atoms with Crippen molar-refractivity contribution in [3.8, 4) is 0 Å². The minimum atomic E-state index is -0.151. The van der Waals surface area contributed by atoms with E-state index in [1.165, 1.54) is 51.4 Å². The second-order valence-electron chi connectivity index (χ2n) is 9.44. The van der Waals surface area contributed by atoms with Gasteiger partial charge in [0.05, 0.1) is 19.1 Å². The van der Waals surface area contributed by atoms with E-state index < -0.39 is 0 Å². The molecule has 0 amide bonds. The highest BCUT2D eigenvalue weighted by atomic mass is 32.1. The summed E-state index contributed by atoms with van der Waals surface area (Å²) >= 11 is 1.64. The summed E-state index contributed by atoms with van der Waals surface area (Å²) < 4.78 is 11.0. The van der Waals surface area contributed by atoms with Crippen LogP contribution in [0.15, 0.2) is 17.5 Å². The second kappa shape index (κ2) is 22.1. The normalized spacial score (nSPS) is 11.9. The Kier molecular flexibility index (Phi) is 20.0. The van der Waals surface area contributed by atoms with Crippen molar-refractivity contribution in [1.29, 1.82) is 0 Å². The third-order valence-electron chi connectivity index (χ3n) is 6.30. The maximum Gasteiger partial charge on any atom is 0.314 e. The molecule has 1 rings (SSSR count).